The molecule has 0 spiro atoms. The summed E-state index contributed by atoms with van der Waals surface area (Å²) in [5.41, 5.74) is -0.983. The molecular weight excluding hydrogens is 293 g/mol. The third-order valence-electron chi connectivity index (χ3n) is 3.82. The van der Waals surface area contributed by atoms with E-state index in [4.69, 9.17) is 0 Å². The first kappa shape index (κ1) is 16.8. The van der Waals surface area contributed by atoms with Gasteiger partial charge < -0.3 is 5.32 Å². The predicted octanol–water partition coefficient (Wildman–Crippen LogP) is 3.91. The summed E-state index contributed by atoms with van der Waals surface area (Å²) >= 11 is 0. The van der Waals surface area contributed by atoms with Gasteiger partial charge in [0.2, 0.25) is 5.91 Å². The number of likely N-dealkylation sites (tertiary alicyclic amines) is 1. The van der Waals surface area contributed by atoms with Crippen LogP contribution in [0.1, 0.15) is 37.7 Å². The molecule has 2 rings (SSSR count). The first-order valence-corrected chi connectivity index (χ1v) is 7.65. The zero-order valence-electron chi connectivity index (χ0n) is 12.5. The molecule has 0 aromatic heterocycles. The van der Waals surface area contributed by atoms with E-state index in [-0.39, 0.29) is 12.2 Å². The highest BCUT2D eigenvalue weighted by Crippen LogP contribution is 2.34. The maximum Gasteiger partial charge on any atom is 0.418 e. The van der Waals surface area contributed by atoms with Crippen LogP contribution in [-0.2, 0) is 11.0 Å². The summed E-state index contributed by atoms with van der Waals surface area (Å²) in [6.07, 6.45) is 1.12. The average Bonchev–Trinajstić information content (AvgIpc) is 2.41. The number of anilines is 1. The minimum Gasteiger partial charge on any atom is -0.324 e. The van der Waals surface area contributed by atoms with E-state index in [0.717, 1.165) is 44.8 Å². The summed E-state index contributed by atoms with van der Waals surface area (Å²) in [7, 11) is 0. The highest BCUT2D eigenvalue weighted by Gasteiger charge is 2.33. The monoisotopic (exact) mass is 314 g/mol. The van der Waals surface area contributed by atoms with Crippen LogP contribution in [0.4, 0.5) is 18.9 Å². The van der Waals surface area contributed by atoms with Gasteiger partial charge >= 0.3 is 6.18 Å². The van der Waals surface area contributed by atoms with Crippen molar-refractivity contribution in [3.8, 4) is 0 Å². The Balaban J connectivity index is 1.97. The fraction of sp³-hybridized carbons (Fsp3) is 0.562. The van der Waals surface area contributed by atoms with Crippen molar-refractivity contribution in [2.24, 2.45) is 0 Å². The number of rotatable bonds is 3. The van der Waals surface area contributed by atoms with E-state index in [1.54, 1.807) is 0 Å². The maximum absolute atomic E-state index is 12.9. The Bertz CT molecular complexity index is 494. The fourth-order valence-electron chi connectivity index (χ4n) is 2.70. The summed E-state index contributed by atoms with van der Waals surface area (Å²) < 4.78 is 38.7. The number of nitrogens with one attached hydrogen (secondary N) is 1. The molecule has 0 bridgehead atoms. The molecule has 122 valence electrons. The van der Waals surface area contributed by atoms with Crippen LogP contribution in [0.2, 0.25) is 0 Å². The van der Waals surface area contributed by atoms with Crippen molar-refractivity contribution in [3.63, 3.8) is 0 Å². The van der Waals surface area contributed by atoms with E-state index in [1.807, 2.05) is 4.90 Å². The molecule has 1 heterocycles. The van der Waals surface area contributed by atoms with Gasteiger partial charge in [-0.2, -0.15) is 13.2 Å². The van der Waals surface area contributed by atoms with E-state index in [2.05, 4.69) is 5.32 Å². The first-order chi connectivity index (χ1) is 10.5. The van der Waals surface area contributed by atoms with Crippen LogP contribution < -0.4 is 5.32 Å². The smallest absolute Gasteiger partial charge is 0.324 e. The Morgan fingerprint density at radius 3 is 2.27 bits per heavy atom. The van der Waals surface area contributed by atoms with Crippen molar-refractivity contribution < 1.29 is 18.0 Å². The largest absolute Gasteiger partial charge is 0.418 e. The second-order valence-electron chi connectivity index (χ2n) is 5.64. The van der Waals surface area contributed by atoms with E-state index in [1.165, 1.54) is 24.6 Å². The van der Waals surface area contributed by atoms with E-state index in [0.29, 0.717) is 0 Å². The number of benzene rings is 1. The molecule has 1 aromatic carbocycles. The van der Waals surface area contributed by atoms with Crippen molar-refractivity contribution in [1.29, 1.82) is 0 Å². The fourth-order valence-corrected chi connectivity index (χ4v) is 2.70. The topological polar surface area (TPSA) is 32.3 Å². The Hall–Kier alpha value is -1.56. The molecular formula is C16H21F3N2O. The standard InChI is InChI=1S/C16H21F3N2O/c17-16(18,19)13-8-4-5-9-14(13)20-15(22)12-21-10-6-2-1-3-7-11-21/h4-5,8-9H,1-3,6-7,10-12H2,(H,20,22). The molecule has 3 nitrogen and oxygen atoms in total. The number of hydrogen-bond acceptors (Lipinski definition) is 2. The number of nitrogens with zero attached hydrogens (tertiary/aromatic N) is 1. The van der Waals surface area contributed by atoms with Crippen LogP contribution >= 0.6 is 0 Å². The molecule has 6 heteroatoms. The second kappa shape index (κ2) is 7.63. The van der Waals surface area contributed by atoms with Crippen molar-refractivity contribution in [2.45, 2.75) is 38.3 Å². The highest BCUT2D eigenvalue weighted by molar-refractivity contribution is 5.93. The lowest BCUT2D eigenvalue weighted by Crippen LogP contribution is -2.35. The van der Waals surface area contributed by atoms with Crippen molar-refractivity contribution >= 4 is 11.6 Å². The molecule has 1 amide bonds. The van der Waals surface area contributed by atoms with Gasteiger partial charge in [-0.05, 0) is 38.1 Å². The molecule has 1 aliphatic rings. The molecule has 0 radical (unpaired) electrons. The van der Waals surface area contributed by atoms with E-state index >= 15 is 0 Å². The van der Waals surface area contributed by atoms with Gasteiger partial charge in [0.1, 0.15) is 0 Å². The molecule has 0 atom stereocenters. The predicted molar refractivity (Wildman–Crippen MR) is 79.6 cm³/mol. The minimum atomic E-state index is -4.47. The van der Waals surface area contributed by atoms with Crippen molar-refractivity contribution in [2.75, 3.05) is 25.0 Å². The number of alkyl halides is 3. The molecule has 0 saturated carbocycles. The first-order valence-electron chi connectivity index (χ1n) is 7.65. The van der Waals surface area contributed by atoms with E-state index < -0.39 is 17.6 Å². The summed E-state index contributed by atoms with van der Waals surface area (Å²) in [5.74, 6) is -0.391. The van der Waals surface area contributed by atoms with Gasteiger partial charge in [-0.3, -0.25) is 9.69 Å². The molecule has 0 unspecified atom stereocenters. The lowest BCUT2D eigenvalue weighted by Gasteiger charge is -2.24. The Morgan fingerprint density at radius 1 is 1.05 bits per heavy atom. The average molecular weight is 314 g/mol. The summed E-state index contributed by atoms with van der Waals surface area (Å²) in [5, 5.41) is 2.40. The van der Waals surface area contributed by atoms with Gasteiger partial charge in [0.25, 0.3) is 0 Å². The highest BCUT2D eigenvalue weighted by atomic mass is 19.4. The molecule has 0 aliphatic carbocycles. The number of carbonyl (C=O) groups excluding carboxylic acids is 1. The van der Waals surface area contributed by atoms with Gasteiger partial charge in [-0.15, -0.1) is 0 Å². The molecule has 1 N–H and O–H groups in total. The normalized spacial score (nSPS) is 17.6. The summed E-state index contributed by atoms with van der Waals surface area (Å²) in [6, 6.07) is 5.07. The van der Waals surface area contributed by atoms with Gasteiger partial charge in [0, 0.05) is 0 Å². The zero-order chi connectivity index (χ0) is 16.0. The Kier molecular flexibility index (Phi) is 5.83. The van der Waals surface area contributed by atoms with Crippen LogP contribution in [0.25, 0.3) is 0 Å². The van der Waals surface area contributed by atoms with Crippen molar-refractivity contribution in [3.05, 3.63) is 29.8 Å². The molecule has 22 heavy (non-hydrogen) atoms. The Morgan fingerprint density at radius 2 is 1.64 bits per heavy atom. The van der Waals surface area contributed by atoms with Crippen LogP contribution in [0.3, 0.4) is 0 Å². The number of hydrogen-bond donors (Lipinski definition) is 1. The minimum absolute atomic E-state index is 0.145. The van der Waals surface area contributed by atoms with E-state index in [9.17, 15) is 18.0 Å². The van der Waals surface area contributed by atoms with Crippen LogP contribution in [-0.4, -0.2) is 30.4 Å². The molecule has 1 saturated heterocycles. The van der Waals surface area contributed by atoms with Crippen LogP contribution in [0, 0.1) is 0 Å². The second-order valence-corrected chi connectivity index (χ2v) is 5.64. The van der Waals surface area contributed by atoms with Crippen molar-refractivity contribution in [1.82, 2.24) is 4.90 Å². The quantitative estimate of drug-likeness (QED) is 0.917. The SMILES string of the molecule is O=C(CN1CCCCCCC1)Nc1ccccc1C(F)(F)F. The number of halogens is 3. The van der Waals surface area contributed by atoms with Gasteiger partial charge in [0.15, 0.2) is 0 Å². The number of para-hydroxylation sites is 1. The van der Waals surface area contributed by atoms with Crippen LogP contribution in [0.5, 0.6) is 0 Å². The molecule has 1 aliphatic heterocycles. The van der Waals surface area contributed by atoms with Gasteiger partial charge in [-0.1, -0.05) is 31.4 Å². The van der Waals surface area contributed by atoms with Gasteiger partial charge in [-0.25, -0.2) is 0 Å². The number of amides is 1. The summed E-state index contributed by atoms with van der Waals surface area (Å²) in [6.45, 7) is 1.80. The lowest BCUT2D eigenvalue weighted by molar-refractivity contribution is -0.137. The third-order valence-corrected chi connectivity index (χ3v) is 3.82. The zero-order valence-corrected chi connectivity index (χ0v) is 12.5. The summed E-state index contributed by atoms with van der Waals surface area (Å²) in [4.78, 5) is 14.1. The lowest BCUT2D eigenvalue weighted by atomic mass is 10.1. The van der Waals surface area contributed by atoms with Gasteiger partial charge in [0.05, 0.1) is 17.8 Å². The maximum atomic E-state index is 12.9. The molecule has 1 fully saturated rings. The van der Waals surface area contributed by atoms with Crippen LogP contribution in [0.15, 0.2) is 24.3 Å². The Labute approximate surface area is 128 Å². The molecule has 1 aromatic rings. The third kappa shape index (κ3) is 5.02. The number of carbonyl (C=O) groups is 1.